The van der Waals surface area contributed by atoms with E-state index in [1.54, 1.807) is 24.3 Å². The molecular weight excluding hydrogens is 390 g/mol. The first-order valence-electron chi connectivity index (χ1n) is 8.06. The van der Waals surface area contributed by atoms with E-state index in [0.717, 1.165) is 5.56 Å². The van der Waals surface area contributed by atoms with Crippen LogP contribution in [0.3, 0.4) is 0 Å². The fourth-order valence-corrected chi connectivity index (χ4v) is 2.96. The molecule has 0 aliphatic carbocycles. The van der Waals surface area contributed by atoms with Crippen molar-refractivity contribution in [1.29, 1.82) is 0 Å². The van der Waals surface area contributed by atoms with Gasteiger partial charge < -0.3 is 9.88 Å². The van der Waals surface area contributed by atoms with Gasteiger partial charge in [-0.3, -0.25) is 9.59 Å². The smallest absolute Gasteiger partial charge is 0.257 e. The van der Waals surface area contributed by atoms with Crippen molar-refractivity contribution in [1.82, 2.24) is 4.57 Å². The lowest BCUT2D eigenvalue weighted by Crippen LogP contribution is -2.23. The van der Waals surface area contributed by atoms with E-state index in [2.05, 4.69) is 5.32 Å². The summed E-state index contributed by atoms with van der Waals surface area (Å²) in [7, 11) is 0. The van der Waals surface area contributed by atoms with Gasteiger partial charge in [0.05, 0.1) is 12.1 Å². The first-order chi connectivity index (χ1) is 12.8. The van der Waals surface area contributed by atoms with Gasteiger partial charge in [0.2, 0.25) is 0 Å². The predicted molar refractivity (Wildman–Crippen MR) is 105 cm³/mol. The largest absolute Gasteiger partial charge is 0.322 e. The lowest BCUT2D eigenvalue weighted by Gasteiger charge is -2.12. The highest BCUT2D eigenvalue weighted by Gasteiger charge is 2.13. The van der Waals surface area contributed by atoms with Gasteiger partial charge in [0.25, 0.3) is 11.5 Å². The average molecular weight is 405 g/mol. The number of nitrogens with zero attached hydrogens (tertiary/aromatic N) is 1. The topological polar surface area (TPSA) is 51.1 Å². The van der Waals surface area contributed by atoms with Crippen LogP contribution in [0.25, 0.3) is 0 Å². The maximum Gasteiger partial charge on any atom is 0.257 e. The number of anilines is 1. The van der Waals surface area contributed by atoms with Gasteiger partial charge in [-0.05, 0) is 42.8 Å². The Balaban J connectivity index is 1.90. The van der Waals surface area contributed by atoms with Crippen LogP contribution >= 0.6 is 23.2 Å². The van der Waals surface area contributed by atoms with Gasteiger partial charge in [-0.25, -0.2) is 4.39 Å². The number of hydrogen-bond donors (Lipinski definition) is 1. The summed E-state index contributed by atoms with van der Waals surface area (Å²) in [5.74, 6) is -0.924. The molecule has 0 bridgehead atoms. The second kappa shape index (κ2) is 7.94. The van der Waals surface area contributed by atoms with Gasteiger partial charge in [0.1, 0.15) is 5.82 Å². The lowest BCUT2D eigenvalue weighted by molar-refractivity contribution is 0.102. The third-order valence-electron chi connectivity index (χ3n) is 4.08. The van der Waals surface area contributed by atoms with E-state index in [-0.39, 0.29) is 28.3 Å². The minimum atomic E-state index is -0.515. The zero-order chi connectivity index (χ0) is 19.6. The molecule has 3 aromatic rings. The summed E-state index contributed by atoms with van der Waals surface area (Å²) in [4.78, 5) is 24.7. The van der Waals surface area contributed by atoms with Gasteiger partial charge in [-0.15, -0.1) is 0 Å². The molecule has 2 aromatic carbocycles. The van der Waals surface area contributed by atoms with E-state index in [9.17, 15) is 14.0 Å². The maximum absolute atomic E-state index is 14.0. The van der Waals surface area contributed by atoms with Gasteiger partial charge in [0, 0.05) is 33.6 Å². The Hall–Kier alpha value is -2.63. The Morgan fingerprint density at radius 2 is 1.93 bits per heavy atom. The monoisotopic (exact) mass is 404 g/mol. The first-order valence-corrected chi connectivity index (χ1v) is 8.81. The second-order valence-electron chi connectivity index (χ2n) is 6.00. The van der Waals surface area contributed by atoms with Crippen molar-refractivity contribution in [2.24, 2.45) is 0 Å². The normalized spacial score (nSPS) is 10.7. The molecular formula is C20H15Cl2FN2O2. The summed E-state index contributed by atoms with van der Waals surface area (Å²) in [6.45, 7) is 1.76. The number of benzene rings is 2. The number of pyridine rings is 1. The molecule has 7 heteroatoms. The molecule has 3 rings (SSSR count). The van der Waals surface area contributed by atoms with Crippen LogP contribution in [0.4, 0.5) is 10.1 Å². The third kappa shape index (κ3) is 4.38. The number of aryl methyl sites for hydroxylation is 1. The van der Waals surface area contributed by atoms with E-state index in [1.807, 2.05) is 6.92 Å². The molecule has 0 saturated carbocycles. The van der Waals surface area contributed by atoms with Crippen LogP contribution < -0.4 is 10.9 Å². The summed E-state index contributed by atoms with van der Waals surface area (Å²) in [5, 5.41) is 3.47. The number of carbonyl (C=O) groups excluding carboxylic acids is 1. The molecule has 27 heavy (non-hydrogen) atoms. The van der Waals surface area contributed by atoms with Crippen LogP contribution in [0.5, 0.6) is 0 Å². The van der Waals surface area contributed by atoms with Crippen molar-refractivity contribution in [3.8, 4) is 0 Å². The van der Waals surface area contributed by atoms with Crippen LogP contribution in [-0.4, -0.2) is 10.5 Å². The molecule has 0 fully saturated rings. The van der Waals surface area contributed by atoms with Crippen molar-refractivity contribution >= 4 is 34.8 Å². The number of aromatic nitrogens is 1. The van der Waals surface area contributed by atoms with E-state index >= 15 is 0 Å². The summed E-state index contributed by atoms with van der Waals surface area (Å²) < 4.78 is 15.2. The molecule has 138 valence electrons. The fourth-order valence-electron chi connectivity index (χ4n) is 2.57. The minimum absolute atomic E-state index is 0.0817. The Morgan fingerprint density at radius 3 is 2.67 bits per heavy atom. The maximum atomic E-state index is 14.0. The van der Waals surface area contributed by atoms with Crippen LogP contribution in [0.2, 0.25) is 10.0 Å². The molecule has 0 spiro atoms. The van der Waals surface area contributed by atoms with Gasteiger partial charge >= 0.3 is 0 Å². The molecule has 0 atom stereocenters. The minimum Gasteiger partial charge on any atom is -0.322 e. The Morgan fingerprint density at radius 1 is 1.15 bits per heavy atom. The lowest BCUT2D eigenvalue weighted by atomic mass is 10.1. The number of hydrogen-bond acceptors (Lipinski definition) is 2. The zero-order valence-electron chi connectivity index (χ0n) is 14.3. The molecule has 0 aliphatic heterocycles. The molecule has 0 aliphatic rings. The molecule has 4 nitrogen and oxygen atoms in total. The third-order valence-corrected chi connectivity index (χ3v) is 4.67. The highest BCUT2D eigenvalue weighted by atomic mass is 35.5. The number of rotatable bonds is 4. The summed E-state index contributed by atoms with van der Waals surface area (Å²) in [5.41, 5.74) is 1.48. The van der Waals surface area contributed by atoms with Gasteiger partial charge in [-0.1, -0.05) is 35.3 Å². The molecule has 1 heterocycles. The second-order valence-corrected chi connectivity index (χ2v) is 6.84. The molecule has 0 unspecified atom stereocenters. The SMILES string of the molecule is Cc1ccc(Cl)cc1NC(=O)c1ccc(=O)n(Cc2c(F)cccc2Cl)c1. The van der Waals surface area contributed by atoms with E-state index in [0.29, 0.717) is 10.7 Å². The molecule has 1 N–H and O–H groups in total. The molecule has 1 aromatic heterocycles. The van der Waals surface area contributed by atoms with E-state index < -0.39 is 11.7 Å². The van der Waals surface area contributed by atoms with Gasteiger partial charge in [0.15, 0.2) is 0 Å². The van der Waals surface area contributed by atoms with Crippen LogP contribution in [-0.2, 0) is 6.54 Å². The van der Waals surface area contributed by atoms with Gasteiger partial charge in [-0.2, -0.15) is 0 Å². The van der Waals surface area contributed by atoms with E-state index in [4.69, 9.17) is 23.2 Å². The Labute approximate surface area is 165 Å². The van der Waals surface area contributed by atoms with Crippen molar-refractivity contribution < 1.29 is 9.18 Å². The quantitative estimate of drug-likeness (QED) is 0.671. The molecule has 0 radical (unpaired) electrons. The van der Waals surface area contributed by atoms with Crippen molar-refractivity contribution in [3.05, 3.63) is 97.6 Å². The van der Waals surface area contributed by atoms with Crippen molar-refractivity contribution in [3.63, 3.8) is 0 Å². The Kier molecular flexibility index (Phi) is 5.63. The van der Waals surface area contributed by atoms with Crippen LogP contribution in [0.15, 0.2) is 59.5 Å². The number of nitrogens with one attached hydrogen (secondary N) is 1. The fraction of sp³-hybridized carbons (Fsp3) is 0.100. The van der Waals surface area contributed by atoms with Crippen LogP contribution in [0.1, 0.15) is 21.5 Å². The summed E-state index contributed by atoms with van der Waals surface area (Å²) in [6, 6.07) is 12.1. The number of carbonyl (C=O) groups is 1. The highest BCUT2D eigenvalue weighted by molar-refractivity contribution is 6.31. The summed E-state index contributed by atoms with van der Waals surface area (Å²) >= 11 is 12.0. The predicted octanol–water partition coefficient (Wildman–Crippen LogP) is 4.90. The first kappa shape index (κ1) is 19.1. The summed E-state index contributed by atoms with van der Waals surface area (Å²) in [6.07, 6.45) is 1.38. The standard InChI is InChI=1S/C20H15Cl2FN2O2/c1-12-5-7-14(21)9-18(12)24-20(27)13-6-8-19(26)25(10-13)11-15-16(22)3-2-4-17(15)23/h2-10H,11H2,1H3,(H,24,27). The van der Waals surface area contributed by atoms with Crippen molar-refractivity contribution in [2.45, 2.75) is 13.5 Å². The zero-order valence-corrected chi connectivity index (χ0v) is 15.8. The van der Waals surface area contributed by atoms with E-state index in [1.165, 1.54) is 35.0 Å². The van der Waals surface area contributed by atoms with Crippen LogP contribution in [0, 0.1) is 12.7 Å². The molecule has 0 saturated heterocycles. The molecule has 1 amide bonds. The number of halogens is 3. The Bertz CT molecular complexity index is 1060. The average Bonchev–Trinajstić information content (AvgIpc) is 2.62. The van der Waals surface area contributed by atoms with Crippen molar-refractivity contribution in [2.75, 3.05) is 5.32 Å². The highest BCUT2D eigenvalue weighted by Crippen LogP contribution is 2.22. The number of amides is 1.